The molecule has 0 spiro atoms. The van der Waals surface area contributed by atoms with Gasteiger partial charge >= 0.3 is 0 Å². The Morgan fingerprint density at radius 1 is 1.33 bits per heavy atom. The number of primary amides is 1. The number of carbonyl (C=O) groups excluding carboxylic acids is 2. The van der Waals surface area contributed by atoms with Gasteiger partial charge in [0.25, 0.3) is 0 Å². The standard InChI is InChI=1S/C15H23N3O3/c1-3-17-9-14(19)18(13(11-21-2)15(16)20)10-12-7-5-4-6-8-12/h4-8,13,17H,3,9-11H2,1-2H3,(H2,16,20)/t13-/m0/s1. The average molecular weight is 293 g/mol. The molecule has 2 amide bonds. The summed E-state index contributed by atoms with van der Waals surface area (Å²) in [4.78, 5) is 25.4. The normalized spacial score (nSPS) is 11.9. The number of hydrogen-bond donors (Lipinski definition) is 2. The van der Waals surface area contributed by atoms with Crippen LogP contribution in [0.2, 0.25) is 0 Å². The van der Waals surface area contributed by atoms with Gasteiger partial charge in [0.05, 0.1) is 13.2 Å². The number of carbonyl (C=O) groups is 2. The smallest absolute Gasteiger partial charge is 0.242 e. The molecule has 0 unspecified atom stereocenters. The largest absolute Gasteiger partial charge is 0.382 e. The van der Waals surface area contributed by atoms with E-state index in [9.17, 15) is 9.59 Å². The van der Waals surface area contributed by atoms with Crippen molar-refractivity contribution in [2.24, 2.45) is 5.73 Å². The third-order valence-electron chi connectivity index (χ3n) is 3.07. The van der Waals surface area contributed by atoms with Crippen molar-refractivity contribution in [1.82, 2.24) is 10.2 Å². The molecule has 6 nitrogen and oxygen atoms in total. The molecule has 0 saturated carbocycles. The fraction of sp³-hybridized carbons (Fsp3) is 0.467. The highest BCUT2D eigenvalue weighted by atomic mass is 16.5. The summed E-state index contributed by atoms with van der Waals surface area (Å²) in [5.74, 6) is -0.751. The predicted octanol–water partition coefficient (Wildman–Crippen LogP) is 0.125. The second-order valence-corrected chi connectivity index (χ2v) is 4.66. The van der Waals surface area contributed by atoms with Gasteiger partial charge in [-0.25, -0.2) is 0 Å². The van der Waals surface area contributed by atoms with Crippen LogP contribution < -0.4 is 11.1 Å². The Morgan fingerprint density at radius 3 is 2.52 bits per heavy atom. The first-order valence-corrected chi connectivity index (χ1v) is 6.92. The van der Waals surface area contributed by atoms with Crippen molar-refractivity contribution in [2.45, 2.75) is 19.5 Å². The number of amides is 2. The molecule has 1 aromatic rings. The zero-order valence-electron chi connectivity index (χ0n) is 12.5. The minimum Gasteiger partial charge on any atom is -0.382 e. The first-order chi connectivity index (χ1) is 10.1. The molecule has 0 aliphatic rings. The maximum atomic E-state index is 12.3. The second kappa shape index (κ2) is 9.10. The van der Waals surface area contributed by atoms with Crippen LogP contribution in [0.1, 0.15) is 12.5 Å². The Hall–Kier alpha value is -1.92. The summed E-state index contributed by atoms with van der Waals surface area (Å²) in [7, 11) is 1.48. The minimum absolute atomic E-state index is 0.0834. The van der Waals surface area contributed by atoms with E-state index in [1.165, 1.54) is 12.0 Å². The fourth-order valence-corrected chi connectivity index (χ4v) is 1.97. The zero-order valence-corrected chi connectivity index (χ0v) is 12.5. The minimum atomic E-state index is -0.777. The molecule has 6 heteroatoms. The molecule has 1 rings (SSSR count). The van der Waals surface area contributed by atoms with E-state index in [2.05, 4.69) is 5.32 Å². The van der Waals surface area contributed by atoms with Crippen molar-refractivity contribution in [1.29, 1.82) is 0 Å². The van der Waals surface area contributed by atoms with Gasteiger partial charge in [-0.05, 0) is 12.1 Å². The van der Waals surface area contributed by atoms with Crippen molar-refractivity contribution >= 4 is 11.8 Å². The third kappa shape index (κ3) is 5.53. The lowest BCUT2D eigenvalue weighted by atomic mass is 10.1. The Balaban J connectivity index is 2.91. The lowest BCUT2D eigenvalue weighted by molar-refractivity contribution is -0.141. The van der Waals surface area contributed by atoms with Crippen LogP contribution in [0, 0.1) is 0 Å². The lowest BCUT2D eigenvalue weighted by Crippen LogP contribution is -2.52. The van der Waals surface area contributed by atoms with Gasteiger partial charge in [0.1, 0.15) is 6.04 Å². The molecule has 1 atom stereocenters. The SMILES string of the molecule is CCNCC(=O)N(Cc1ccccc1)[C@@H](COC)C(N)=O. The fourth-order valence-electron chi connectivity index (χ4n) is 1.97. The third-order valence-corrected chi connectivity index (χ3v) is 3.07. The zero-order chi connectivity index (χ0) is 15.7. The number of nitrogens with zero attached hydrogens (tertiary/aromatic N) is 1. The molecule has 0 heterocycles. The number of benzene rings is 1. The summed E-state index contributed by atoms with van der Waals surface area (Å²) in [6.45, 7) is 3.16. The number of nitrogens with two attached hydrogens (primary N) is 1. The Morgan fingerprint density at radius 2 is 2.00 bits per heavy atom. The van der Waals surface area contributed by atoms with E-state index in [0.717, 1.165) is 5.56 Å². The first kappa shape index (κ1) is 17.1. The molecule has 0 fully saturated rings. The van der Waals surface area contributed by atoms with Crippen LogP contribution >= 0.6 is 0 Å². The number of rotatable bonds is 9. The van der Waals surface area contributed by atoms with Crippen LogP contribution in [0.3, 0.4) is 0 Å². The first-order valence-electron chi connectivity index (χ1n) is 6.92. The van der Waals surface area contributed by atoms with Gasteiger partial charge in [0.15, 0.2) is 0 Å². The molecule has 0 aromatic heterocycles. The molecule has 1 aromatic carbocycles. The highest BCUT2D eigenvalue weighted by Gasteiger charge is 2.27. The van der Waals surface area contributed by atoms with Crippen LogP contribution in [0.25, 0.3) is 0 Å². The van der Waals surface area contributed by atoms with E-state index < -0.39 is 11.9 Å². The Kier molecular flexibility index (Phi) is 7.42. The van der Waals surface area contributed by atoms with Gasteiger partial charge in [0.2, 0.25) is 11.8 Å². The van der Waals surface area contributed by atoms with E-state index in [1.807, 2.05) is 37.3 Å². The van der Waals surface area contributed by atoms with Gasteiger partial charge < -0.3 is 20.7 Å². The van der Waals surface area contributed by atoms with Crippen molar-refractivity contribution in [3.05, 3.63) is 35.9 Å². The number of hydrogen-bond acceptors (Lipinski definition) is 4. The molecule has 0 bridgehead atoms. The highest BCUT2D eigenvalue weighted by molar-refractivity contribution is 5.87. The number of nitrogens with one attached hydrogen (secondary N) is 1. The topological polar surface area (TPSA) is 84.7 Å². The number of likely N-dealkylation sites (N-methyl/N-ethyl adjacent to an activating group) is 1. The molecule has 0 radical (unpaired) electrons. The summed E-state index contributed by atoms with van der Waals surface area (Å²) < 4.78 is 5.02. The van der Waals surface area contributed by atoms with Crippen molar-refractivity contribution in [3.8, 4) is 0 Å². The van der Waals surface area contributed by atoms with Crippen LogP contribution in [0.4, 0.5) is 0 Å². The maximum Gasteiger partial charge on any atom is 0.242 e. The van der Waals surface area contributed by atoms with Gasteiger partial charge in [0, 0.05) is 13.7 Å². The molecule has 21 heavy (non-hydrogen) atoms. The summed E-state index contributed by atoms with van der Waals surface area (Å²) in [6.07, 6.45) is 0. The maximum absolute atomic E-state index is 12.3. The molecular formula is C15H23N3O3. The summed E-state index contributed by atoms with van der Waals surface area (Å²) in [5, 5.41) is 2.97. The van der Waals surface area contributed by atoms with Crippen LogP contribution in [0.5, 0.6) is 0 Å². The van der Waals surface area contributed by atoms with Gasteiger partial charge in [-0.2, -0.15) is 0 Å². The van der Waals surface area contributed by atoms with Crippen LogP contribution in [-0.2, 0) is 20.9 Å². The molecular weight excluding hydrogens is 270 g/mol. The predicted molar refractivity (Wildman–Crippen MR) is 80.4 cm³/mol. The van der Waals surface area contributed by atoms with Crippen LogP contribution in [-0.4, -0.2) is 49.6 Å². The molecule has 0 saturated heterocycles. The van der Waals surface area contributed by atoms with Crippen molar-refractivity contribution < 1.29 is 14.3 Å². The number of methoxy groups -OCH3 is 1. The Labute approximate surface area is 125 Å². The quantitative estimate of drug-likeness (QED) is 0.677. The lowest BCUT2D eigenvalue weighted by Gasteiger charge is -2.29. The van der Waals surface area contributed by atoms with E-state index in [0.29, 0.717) is 13.1 Å². The highest BCUT2D eigenvalue weighted by Crippen LogP contribution is 2.09. The monoisotopic (exact) mass is 293 g/mol. The van der Waals surface area contributed by atoms with Crippen molar-refractivity contribution in [3.63, 3.8) is 0 Å². The molecule has 0 aliphatic carbocycles. The number of ether oxygens (including phenoxy) is 1. The molecule has 0 aliphatic heterocycles. The van der Waals surface area contributed by atoms with Crippen molar-refractivity contribution in [2.75, 3.05) is 26.8 Å². The van der Waals surface area contributed by atoms with Crippen LogP contribution in [0.15, 0.2) is 30.3 Å². The van der Waals surface area contributed by atoms with Gasteiger partial charge in [-0.15, -0.1) is 0 Å². The van der Waals surface area contributed by atoms with Gasteiger partial charge in [-0.3, -0.25) is 9.59 Å². The molecule has 3 N–H and O–H groups in total. The van der Waals surface area contributed by atoms with Gasteiger partial charge in [-0.1, -0.05) is 37.3 Å². The average Bonchev–Trinajstić information content (AvgIpc) is 2.49. The van der Waals surface area contributed by atoms with E-state index in [4.69, 9.17) is 10.5 Å². The summed E-state index contributed by atoms with van der Waals surface area (Å²) in [6, 6.07) is 8.70. The van der Waals surface area contributed by atoms with E-state index in [-0.39, 0.29) is 19.1 Å². The second-order valence-electron chi connectivity index (χ2n) is 4.66. The summed E-state index contributed by atoms with van der Waals surface area (Å²) in [5.41, 5.74) is 6.35. The Bertz CT molecular complexity index is 451. The van der Waals surface area contributed by atoms with E-state index in [1.54, 1.807) is 0 Å². The molecule has 116 valence electrons. The van der Waals surface area contributed by atoms with E-state index >= 15 is 0 Å². The summed E-state index contributed by atoms with van der Waals surface area (Å²) >= 11 is 0.